The maximum absolute atomic E-state index is 12.8. The van der Waals surface area contributed by atoms with E-state index in [2.05, 4.69) is 5.32 Å². The predicted octanol–water partition coefficient (Wildman–Crippen LogP) is 3.43. The predicted molar refractivity (Wildman–Crippen MR) is 115 cm³/mol. The number of rotatable bonds is 7. The third kappa shape index (κ3) is 4.23. The summed E-state index contributed by atoms with van der Waals surface area (Å²) in [5, 5.41) is 3.19. The molecule has 3 unspecified atom stereocenters. The van der Waals surface area contributed by atoms with Crippen LogP contribution < -0.4 is 10.1 Å². The molecule has 6 nitrogen and oxygen atoms in total. The lowest BCUT2D eigenvalue weighted by Crippen LogP contribution is -2.38. The van der Waals surface area contributed by atoms with Crippen molar-refractivity contribution in [2.75, 3.05) is 14.2 Å². The van der Waals surface area contributed by atoms with Gasteiger partial charge in [0.1, 0.15) is 5.75 Å². The van der Waals surface area contributed by atoms with E-state index >= 15 is 0 Å². The largest absolute Gasteiger partial charge is 0.497 e. The molecule has 2 aliphatic carbocycles. The summed E-state index contributed by atoms with van der Waals surface area (Å²) in [5.41, 5.74) is 1.44. The Morgan fingerprint density at radius 2 is 1.77 bits per heavy atom. The second kappa shape index (κ2) is 8.40. The molecule has 2 bridgehead atoms. The van der Waals surface area contributed by atoms with Crippen molar-refractivity contribution in [3.05, 3.63) is 59.7 Å². The van der Waals surface area contributed by atoms with E-state index in [1.54, 1.807) is 31.3 Å². The van der Waals surface area contributed by atoms with Gasteiger partial charge in [-0.1, -0.05) is 18.6 Å². The Morgan fingerprint density at radius 3 is 2.33 bits per heavy atom. The molecular weight excluding hydrogens is 400 g/mol. The summed E-state index contributed by atoms with van der Waals surface area (Å²) < 4.78 is 32.0. The molecule has 0 aromatic heterocycles. The molecule has 2 saturated carbocycles. The molecule has 2 fully saturated rings. The first-order valence-corrected chi connectivity index (χ1v) is 11.8. The van der Waals surface area contributed by atoms with E-state index in [9.17, 15) is 13.2 Å². The maximum atomic E-state index is 12.8. The fraction of sp³-hybridized carbons (Fsp3) is 0.435. The van der Waals surface area contributed by atoms with Crippen molar-refractivity contribution in [3.8, 4) is 5.75 Å². The number of methoxy groups -OCH3 is 1. The molecule has 7 heteroatoms. The number of nitrogens with one attached hydrogen (secondary N) is 1. The van der Waals surface area contributed by atoms with Gasteiger partial charge in [0.2, 0.25) is 10.0 Å². The van der Waals surface area contributed by atoms with E-state index in [-0.39, 0.29) is 17.3 Å². The summed E-state index contributed by atoms with van der Waals surface area (Å²) in [7, 11) is -0.521. The molecule has 2 aromatic rings. The van der Waals surface area contributed by atoms with Crippen LogP contribution in [-0.2, 0) is 16.6 Å². The highest BCUT2D eigenvalue weighted by molar-refractivity contribution is 7.89. The molecule has 0 radical (unpaired) electrons. The Labute approximate surface area is 178 Å². The SMILES string of the molecule is COc1ccc(S(=O)(=O)N(C)Cc2ccc(C(=O)NC3CC4CCC3C4)cc2)cc1. The Balaban J connectivity index is 1.38. The molecular formula is C23H28N2O4S. The van der Waals surface area contributed by atoms with Crippen LogP contribution in [0.3, 0.4) is 0 Å². The van der Waals surface area contributed by atoms with Crippen molar-refractivity contribution in [2.24, 2.45) is 11.8 Å². The highest BCUT2D eigenvalue weighted by Gasteiger charge is 2.40. The number of amides is 1. The van der Waals surface area contributed by atoms with Crippen LogP contribution in [0.4, 0.5) is 0 Å². The van der Waals surface area contributed by atoms with E-state index in [0.29, 0.717) is 23.3 Å². The van der Waals surface area contributed by atoms with Crippen molar-refractivity contribution in [1.82, 2.24) is 9.62 Å². The van der Waals surface area contributed by atoms with Gasteiger partial charge < -0.3 is 10.1 Å². The minimum absolute atomic E-state index is 0.0432. The average molecular weight is 429 g/mol. The molecule has 1 amide bonds. The number of ether oxygens (including phenoxy) is 1. The quantitative estimate of drug-likeness (QED) is 0.733. The molecule has 3 atom stereocenters. The number of hydrogen-bond acceptors (Lipinski definition) is 4. The molecule has 30 heavy (non-hydrogen) atoms. The number of benzene rings is 2. The van der Waals surface area contributed by atoms with E-state index < -0.39 is 10.0 Å². The summed E-state index contributed by atoms with van der Waals surface area (Å²) >= 11 is 0. The monoisotopic (exact) mass is 428 g/mol. The second-order valence-corrected chi connectivity index (χ2v) is 10.4. The number of carbonyl (C=O) groups is 1. The van der Waals surface area contributed by atoms with Gasteiger partial charge in [-0.05, 0) is 73.1 Å². The number of carbonyl (C=O) groups excluding carboxylic acids is 1. The summed E-state index contributed by atoms with van der Waals surface area (Å²) in [4.78, 5) is 12.8. The van der Waals surface area contributed by atoms with Crippen LogP contribution in [-0.4, -0.2) is 38.8 Å². The van der Waals surface area contributed by atoms with Gasteiger partial charge in [0, 0.05) is 25.2 Å². The van der Waals surface area contributed by atoms with E-state index in [4.69, 9.17) is 4.74 Å². The molecule has 0 spiro atoms. The fourth-order valence-electron chi connectivity index (χ4n) is 4.70. The first-order chi connectivity index (χ1) is 14.4. The maximum Gasteiger partial charge on any atom is 0.251 e. The van der Waals surface area contributed by atoms with Crippen LogP contribution in [0.1, 0.15) is 41.6 Å². The van der Waals surface area contributed by atoms with Crippen LogP contribution >= 0.6 is 0 Å². The van der Waals surface area contributed by atoms with E-state index in [1.807, 2.05) is 12.1 Å². The van der Waals surface area contributed by atoms with Crippen molar-refractivity contribution >= 4 is 15.9 Å². The van der Waals surface area contributed by atoms with Gasteiger partial charge in [0.25, 0.3) is 5.91 Å². The molecule has 4 rings (SSSR count). The zero-order valence-corrected chi connectivity index (χ0v) is 18.2. The molecule has 0 saturated heterocycles. The van der Waals surface area contributed by atoms with Gasteiger partial charge in [0.15, 0.2) is 0 Å². The lowest BCUT2D eigenvalue weighted by Gasteiger charge is -2.23. The van der Waals surface area contributed by atoms with Gasteiger partial charge in [-0.3, -0.25) is 4.79 Å². The van der Waals surface area contributed by atoms with Gasteiger partial charge in [-0.2, -0.15) is 4.31 Å². The fourth-order valence-corrected chi connectivity index (χ4v) is 5.86. The normalized spacial score (nSPS) is 23.0. The van der Waals surface area contributed by atoms with Crippen LogP contribution in [0.2, 0.25) is 0 Å². The molecule has 160 valence electrons. The Bertz CT molecular complexity index is 1000. The third-order valence-electron chi connectivity index (χ3n) is 6.44. The lowest BCUT2D eigenvalue weighted by molar-refractivity contribution is 0.0923. The zero-order valence-electron chi connectivity index (χ0n) is 17.4. The standard InChI is InChI=1S/C23H28N2O4S/c1-25(30(27,28)21-11-9-20(29-2)10-12-21)15-16-3-6-18(7-4-16)23(26)24-22-14-17-5-8-19(22)13-17/h3-4,6-7,9-12,17,19,22H,5,8,13-15H2,1-2H3,(H,24,26). The smallest absolute Gasteiger partial charge is 0.251 e. The molecule has 2 aromatic carbocycles. The average Bonchev–Trinajstić information content (AvgIpc) is 3.37. The topological polar surface area (TPSA) is 75.7 Å². The first-order valence-electron chi connectivity index (χ1n) is 10.4. The van der Waals surface area contributed by atoms with Crippen LogP contribution in [0.25, 0.3) is 0 Å². The summed E-state index contributed by atoms with van der Waals surface area (Å²) in [6, 6.07) is 13.8. The third-order valence-corrected chi connectivity index (χ3v) is 8.26. The van der Waals surface area contributed by atoms with Gasteiger partial charge in [-0.15, -0.1) is 0 Å². The van der Waals surface area contributed by atoms with Gasteiger partial charge in [0.05, 0.1) is 12.0 Å². The van der Waals surface area contributed by atoms with E-state index in [0.717, 1.165) is 17.9 Å². The Morgan fingerprint density at radius 1 is 1.07 bits per heavy atom. The minimum atomic E-state index is -3.61. The van der Waals surface area contributed by atoms with Crippen molar-refractivity contribution in [1.29, 1.82) is 0 Å². The molecule has 0 heterocycles. The minimum Gasteiger partial charge on any atom is -0.497 e. The zero-order chi connectivity index (χ0) is 21.3. The van der Waals surface area contributed by atoms with Crippen molar-refractivity contribution < 1.29 is 17.9 Å². The summed E-state index contributed by atoms with van der Waals surface area (Å²) in [6.45, 7) is 0.225. The van der Waals surface area contributed by atoms with Gasteiger partial charge >= 0.3 is 0 Å². The van der Waals surface area contributed by atoms with Gasteiger partial charge in [-0.25, -0.2) is 8.42 Å². The number of fused-ring (bicyclic) bond motifs is 2. The van der Waals surface area contributed by atoms with Crippen LogP contribution in [0.5, 0.6) is 5.75 Å². The number of sulfonamides is 1. The second-order valence-electron chi connectivity index (χ2n) is 8.39. The Kier molecular flexibility index (Phi) is 5.84. The molecule has 1 N–H and O–H groups in total. The molecule has 2 aliphatic rings. The lowest BCUT2D eigenvalue weighted by atomic mass is 9.95. The summed E-state index contributed by atoms with van der Waals surface area (Å²) in [6.07, 6.45) is 4.88. The highest BCUT2D eigenvalue weighted by Crippen LogP contribution is 2.44. The summed E-state index contributed by atoms with van der Waals surface area (Å²) in [5.74, 6) is 1.98. The Hall–Kier alpha value is -2.38. The highest BCUT2D eigenvalue weighted by atomic mass is 32.2. The first kappa shape index (κ1) is 20.9. The number of hydrogen-bond donors (Lipinski definition) is 1. The number of nitrogens with zero attached hydrogens (tertiary/aromatic N) is 1. The molecule has 0 aliphatic heterocycles. The van der Waals surface area contributed by atoms with Crippen molar-refractivity contribution in [3.63, 3.8) is 0 Å². The van der Waals surface area contributed by atoms with Crippen LogP contribution in [0.15, 0.2) is 53.4 Å². The van der Waals surface area contributed by atoms with E-state index in [1.165, 1.54) is 42.8 Å². The van der Waals surface area contributed by atoms with Crippen molar-refractivity contribution in [2.45, 2.75) is 43.2 Å². The van der Waals surface area contributed by atoms with Crippen LogP contribution in [0, 0.1) is 11.8 Å².